The van der Waals surface area contributed by atoms with Gasteiger partial charge >= 0.3 is 0 Å². The molecule has 6 heteroatoms. The van der Waals surface area contributed by atoms with Gasteiger partial charge in [0.1, 0.15) is 19.0 Å². The van der Waals surface area contributed by atoms with Crippen LogP contribution in [-0.2, 0) is 0 Å². The first-order valence-electron chi connectivity index (χ1n) is 7.31. The predicted molar refractivity (Wildman–Crippen MR) is 88.0 cm³/mol. The van der Waals surface area contributed by atoms with Crippen LogP contribution in [0.5, 0.6) is 17.2 Å². The number of ether oxygens (including phenoxy) is 3. The van der Waals surface area contributed by atoms with Crippen LogP contribution < -0.4 is 19.5 Å². The van der Waals surface area contributed by atoms with Gasteiger partial charge in [-0.2, -0.15) is 0 Å². The summed E-state index contributed by atoms with van der Waals surface area (Å²) in [5.41, 5.74) is 1.00. The lowest BCUT2D eigenvalue weighted by atomic mass is 10.1. The van der Waals surface area contributed by atoms with Crippen LogP contribution in [0.25, 0.3) is 0 Å². The highest BCUT2D eigenvalue weighted by atomic mass is 35.5. The van der Waals surface area contributed by atoms with E-state index in [2.05, 4.69) is 5.32 Å². The number of hydrogen-bond acceptors (Lipinski definition) is 4. The molecule has 1 amide bonds. The van der Waals surface area contributed by atoms with Gasteiger partial charge in [-0.15, -0.1) is 0 Å². The second kappa shape index (κ2) is 6.79. The number of amides is 1. The van der Waals surface area contributed by atoms with Crippen LogP contribution in [0, 0.1) is 0 Å². The summed E-state index contributed by atoms with van der Waals surface area (Å²) < 4.78 is 16.4. The maximum Gasteiger partial charge on any atom is 0.259 e. The lowest BCUT2D eigenvalue weighted by Crippen LogP contribution is -2.20. The van der Waals surface area contributed by atoms with E-state index in [-0.39, 0.29) is 5.91 Å². The minimum atomic E-state index is -0.285. The standard InChI is InChI=1S/C17H16ClNO4/c1-2-21-14-7-6-11(10-13(14)18)19-17(20)12-4-3-5-15-16(12)23-9-8-22-15/h3-7,10H,2,8-9H2,1H3,(H,19,20). The van der Waals surface area contributed by atoms with Crippen LogP contribution in [0.1, 0.15) is 17.3 Å². The molecule has 3 rings (SSSR count). The molecule has 0 unspecified atom stereocenters. The number of carbonyl (C=O) groups is 1. The van der Waals surface area contributed by atoms with Crippen LogP contribution in [0.15, 0.2) is 36.4 Å². The van der Waals surface area contributed by atoms with Gasteiger partial charge in [-0.25, -0.2) is 0 Å². The Kier molecular flexibility index (Phi) is 4.57. The molecule has 1 aliphatic heterocycles. The first-order valence-corrected chi connectivity index (χ1v) is 7.69. The minimum Gasteiger partial charge on any atom is -0.492 e. The van der Waals surface area contributed by atoms with Crippen LogP contribution >= 0.6 is 11.6 Å². The highest BCUT2D eigenvalue weighted by molar-refractivity contribution is 6.32. The summed E-state index contributed by atoms with van der Waals surface area (Å²) in [5.74, 6) is 1.34. The molecule has 5 nitrogen and oxygen atoms in total. The second-order valence-electron chi connectivity index (χ2n) is 4.86. The number of benzene rings is 2. The quantitative estimate of drug-likeness (QED) is 0.925. The highest BCUT2D eigenvalue weighted by Gasteiger charge is 2.20. The molecular weight excluding hydrogens is 318 g/mol. The van der Waals surface area contributed by atoms with E-state index in [1.165, 1.54) is 0 Å². The average molecular weight is 334 g/mol. The van der Waals surface area contributed by atoms with Crippen LogP contribution in [0.3, 0.4) is 0 Å². The van der Waals surface area contributed by atoms with Gasteiger partial charge in [0.15, 0.2) is 11.5 Å². The topological polar surface area (TPSA) is 56.8 Å². The summed E-state index contributed by atoms with van der Waals surface area (Å²) in [5, 5.41) is 3.25. The largest absolute Gasteiger partial charge is 0.492 e. The minimum absolute atomic E-state index is 0.285. The van der Waals surface area contributed by atoms with Gasteiger partial charge in [0.25, 0.3) is 5.91 Å². The van der Waals surface area contributed by atoms with Gasteiger partial charge in [-0.3, -0.25) is 4.79 Å². The molecule has 0 bridgehead atoms. The van der Waals surface area contributed by atoms with E-state index in [1.54, 1.807) is 36.4 Å². The van der Waals surface area contributed by atoms with E-state index in [9.17, 15) is 4.79 Å². The van der Waals surface area contributed by atoms with Crippen molar-refractivity contribution in [1.29, 1.82) is 0 Å². The Bertz CT molecular complexity index is 733. The first kappa shape index (κ1) is 15.5. The number of nitrogens with one attached hydrogen (secondary N) is 1. The van der Waals surface area contributed by atoms with Gasteiger partial charge in [0.2, 0.25) is 0 Å². The Morgan fingerprint density at radius 2 is 2.09 bits per heavy atom. The third kappa shape index (κ3) is 3.35. The van der Waals surface area contributed by atoms with Crippen molar-refractivity contribution in [3.63, 3.8) is 0 Å². The summed E-state index contributed by atoms with van der Waals surface area (Å²) in [6.07, 6.45) is 0. The summed E-state index contributed by atoms with van der Waals surface area (Å²) in [6, 6.07) is 10.3. The molecule has 0 aromatic heterocycles. The fourth-order valence-corrected chi connectivity index (χ4v) is 2.54. The molecule has 2 aromatic carbocycles. The van der Waals surface area contributed by atoms with E-state index in [0.717, 1.165) is 0 Å². The maximum absolute atomic E-state index is 12.5. The highest BCUT2D eigenvalue weighted by Crippen LogP contribution is 2.34. The summed E-state index contributed by atoms with van der Waals surface area (Å²) >= 11 is 6.13. The lowest BCUT2D eigenvalue weighted by Gasteiger charge is -2.20. The Morgan fingerprint density at radius 3 is 2.87 bits per heavy atom. The zero-order valence-corrected chi connectivity index (χ0v) is 13.4. The Morgan fingerprint density at radius 1 is 1.26 bits per heavy atom. The maximum atomic E-state index is 12.5. The molecule has 1 N–H and O–H groups in total. The molecule has 1 heterocycles. The lowest BCUT2D eigenvalue weighted by molar-refractivity contribution is 0.101. The van der Waals surface area contributed by atoms with E-state index in [4.69, 9.17) is 25.8 Å². The second-order valence-corrected chi connectivity index (χ2v) is 5.27. The van der Waals surface area contributed by atoms with Gasteiger partial charge in [-0.05, 0) is 37.3 Å². The van der Waals surface area contributed by atoms with Crippen molar-refractivity contribution >= 4 is 23.2 Å². The number of carbonyl (C=O) groups excluding carboxylic acids is 1. The number of anilines is 1. The number of para-hydroxylation sites is 1. The van der Waals surface area contributed by atoms with Crippen molar-refractivity contribution in [2.75, 3.05) is 25.1 Å². The van der Waals surface area contributed by atoms with E-state index in [0.29, 0.717) is 53.3 Å². The van der Waals surface area contributed by atoms with Crippen LogP contribution in [0.2, 0.25) is 5.02 Å². The molecular formula is C17H16ClNO4. The molecule has 0 fully saturated rings. The van der Waals surface area contributed by atoms with Crippen molar-refractivity contribution in [1.82, 2.24) is 0 Å². The average Bonchev–Trinajstić information content (AvgIpc) is 2.57. The van der Waals surface area contributed by atoms with E-state index < -0.39 is 0 Å². The molecule has 2 aromatic rings. The molecule has 0 atom stereocenters. The molecule has 120 valence electrons. The molecule has 1 aliphatic rings. The Hall–Kier alpha value is -2.40. The molecule has 0 aliphatic carbocycles. The third-order valence-electron chi connectivity index (χ3n) is 3.30. The third-order valence-corrected chi connectivity index (χ3v) is 3.60. The number of fused-ring (bicyclic) bond motifs is 1. The summed E-state index contributed by atoms with van der Waals surface area (Å²) in [6.45, 7) is 3.31. The molecule has 0 saturated heterocycles. The molecule has 23 heavy (non-hydrogen) atoms. The van der Waals surface area contributed by atoms with Crippen molar-refractivity contribution < 1.29 is 19.0 Å². The number of rotatable bonds is 4. The van der Waals surface area contributed by atoms with Crippen LogP contribution in [-0.4, -0.2) is 25.7 Å². The summed E-state index contributed by atoms with van der Waals surface area (Å²) in [4.78, 5) is 12.5. The van der Waals surface area contributed by atoms with Crippen molar-refractivity contribution in [3.8, 4) is 17.2 Å². The van der Waals surface area contributed by atoms with Crippen molar-refractivity contribution in [2.45, 2.75) is 6.92 Å². The van der Waals surface area contributed by atoms with E-state index in [1.807, 2.05) is 6.92 Å². The van der Waals surface area contributed by atoms with Crippen molar-refractivity contribution in [3.05, 3.63) is 47.0 Å². The summed E-state index contributed by atoms with van der Waals surface area (Å²) in [7, 11) is 0. The van der Waals surface area contributed by atoms with Gasteiger partial charge < -0.3 is 19.5 Å². The fraction of sp³-hybridized carbons (Fsp3) is 0.235. The monoisotopic (exact) mass is 333 g/mol. The fourth-order valence-electron chi connectivity index (χ4n) is 2.30. The SMILES string of the molecule is CCOc1ccc(NC(=O)c2cccc3c2OCCO3)cc1Cl. The number of halogens is 1. The van der Waals surface area contributed by atoms with Gasteiger partial charge in [0, 0.05) is 5.69 Å². The number of hydrogen-bond donors (Lipinski definition) is 1. The first-order chi connectivity index (χ1) is 11.2. The predicted octanol–water partition coefficient (Wildman–Crippen LogP) is 3.76. The van der Waals surface area contributed by atoms with E-state index >= 15 is 0 Å². The zero-order chi connectivity index (χ0) is 16.2. The zero-order valence-electron chi connectivity index (χ0n) is 12.6. The molecule has 0 saturated carbocycles. The van der Waals surface area contributed by atoms with Crippen molar-refractivity contribution in [2.24, 2.45) is 0 Å². The van der Waals surface area contributed by atoms with Gasteiger partial charge in [-0.1, -0.05) is 17.7 Å². The van der Waals surface area contributed by atoms with Crippen LogP contribution in [0.4, 0.5) is 5.69 Å². The Balaban J connectivity index is 1.81. The smallest absolute Gasteiger partial charge is 0.259 e. The Labute approximate surface area is 139 Å². The normalized spacial score (nSPS) is 12.6. The molecule has 0 radical (unpaired) electrons. The van der Waals surface area contributed by atoms with Gasteiger partial charge in [0.05, 0.1) is 17.2 Å². The molecule has 0 spiro atoms.